The summed E-state index contributed by atoms with van der Waals surface area (Å²) in [6.45, 7) is 3.66. The van der Waals surface area contributed by atoms with Crippen molar-refractivity contribution in [2.45, 2.75) is 6.18 Å². The molecule has 5 rings (SSSR count). The number of nitrogens with zero attached hydrogens (tertiary/aromatic N) is 4. The van der Waals surface area contributed by atoms with Crippen LogP contribution < -0.4 is 10.2 Å². The minimum Gasteiger partial charge on any atom is -0.354 e. The number of anilines is 1. The van der Waals surface area contributed by atoms with Crippen molar-refractivity contribution in [1.29, 1.82) is 0 Å². The topological polar surface area (TPSA) is 46.0 Å². The summed E-state index contributed by atoms with van der Waals surface area (Å²) in [6, 6.07) is 13.6. The Morgan fingerprint density at radius 2 is 1.79 bits per heavy atom. The quantitative estimate of drug-likeness (QED) is 0.397. The van der Waals surface area contributed by atoms with Crippen LogP contribution in [0.5, 0.6) is 0 Å². The predicted molar refractivity (Wildman–Crippen MR) is 125 cm³/mol. The molecular formula is C23H19ClF3N5S. The molecule has 1 fully saturated rings. The summed E-state index contributed by atoms with van der Waals surface area (Å²) in [7, 11) is 0. The number of rotatable bonds is 4. The summed E-state index contributed by atoms with van der Waals surface area (Å²) < 4.78 is 41.6. The van der Waals surface area contributed by atoms with Gasteiger partial charge in [-0.1, -0.05) is 23.7 Å². The number of pyridine rings is 1. The SMILES string of the molecule is FC(F)(F)c1cc(-c2cc(-c3ccc(N4CCNCC4)nc3)cs2)n(-c2ccccc2Cl)n1. The normalized spacial score (nSPS) is 14.6. The molecule has 1 saturated heterocycles. The van der Waals surface area contributed by atoms with Gasteiger partial charge >= 0.3 is 6.18 Å². The molecule has 0 amide bonds. The molecule has 33 heavy (non-hydrogen) atoms. The molecule has 1 aromatic carbocycles. The number of benzene rings is 1. The standard InChI is InChI=1S/C23H19ClF3N5S/c24-17-3-1-2-4-18(17)32-19(12-21(30-32)23(25,26)27)20-11-16(14-33-20)15-5-6-22(29-13-15)31-9-7-28-8-10-31/h1-6,11-14,28H,7-10H2. The molecule has 1 aliphatic heterocycles. The van der Waals surface area contributed by atoms with Crippen LogP contribution in [0.3, 0.4) is 0 Å². The average molecular weight is 490 g/mol. The van der Waals surface area contributed by atoms with E-state index in [0.29, 0.717) is 21.3 Å². The number of halogens is 4. The van der Waals surface area contributed by atoms with Crippen LogP contribution in [0.15, 0.2) is 60.1 Å². The Labute approximate surface area is 197 Å². The number of aromatic nitrogens is 3. The van der Waals surface area contributed by atoms with E-state index in [9.17, 15) is 13.2 Å². The van der Waals surface area contributed by atoms with Gasteiger partial charge in [-0.15, -0.1) is 11.3 Å². The van der Waals surface area contributed by atoms with E-state index in [1.165, 1.54) is 16.0 Å². The average Bonchev–Trinajstić information content (AvgIpc) is 3.48. The highest BCUT2D eigenvalue weighted by Gasteiger charge is 2.35. The van der Waals surface area contributed by atoms with Crippen LogP contribution in [-0.2, 0) is 6.18 Å². The van der Waals surface area contributed by atoms with Gasteiger partial charge in [-0.05, 0) is 47.3 Å². The van der Waals surface area contributed by atoms with Crippen molar-refractivity contribution in [2.75, 3.05) is 31.1 Å². The second kappa shape index (κ2) is 8.81. The zero-order valence-electron chi connectivity index (χ0n) is 17.3. The summed E-state index contributed by atoms with van der Waals surface area (Å²) in [4.78, 5) is 7.47. The van der Waals surface area contributed by atoms with E-state index in [0.717, 1.165) is 49.2 Å². The maximum atomic E-state index is 13.5. The molecule has 4 aromatic rings. The third-order valence-corrected chi connectivity index (χ3v) is 6.73. The molecule has 0 radical (unpaired) electrons. The van der Waals surface area contributed by atoms with Crippen LogP contribution in [0.2, 0.25) is 5.02 Å². The van der Waals surface area contributed by atoms with Crippen molar-refractivity contribution in [1.82, 2.24) is 20.1 Å². The minimum atomic E-state index is -4.56. The zero-order valence-corrected chi connectivity index (χ0v) is 18.9. The molecule has 0 spiro atoms. The molecule has 0 unspecified atom stereocenters. The van der Waals surface area contributed by atoms with Crippen molar-refractivity contribution in [2.24, 2.45) is 0 Å². The van der Waals surface area contributed by atoms with Gasteiger partial charge in [0.25, 0.3) is 0 Å². The molecule has 170 valence electrons. The Morgan fingerprint density at radius 1 is 1.00 bits per heavy atom. The van der Waals surface area contributed by atoms with E-state index < -0.39 is 11.9 Å². The first-order chi connectivity index (χ1) is 15.9. The Bertz CT molecular complexity index is 1260. The number of thiophene rings is 1. The lowest BCUT2D eigenvalue weighted by Gasteiger charge is -2.28. The van der Waals surface area contributed by atoms with Crippen LogP contribution in [0, 0.1) is 0 Å². The number of hydrogen-bond acceptors (Lipinski definition) is 5. The van der Waals surface area contributed by atoms with Crippen LogP contribution in [0.4, 0.5) is 19.0 Å². The molecule has 10 heteroatoms. The van der Waals surface area contributed by atoms with Gasteiger partial charge < -0.3 is 10.2 Å². The fraction of sp³-hybridized carbons (Fsp3) is 0.217. The molecule has 0 atom stereocenters. The molecule has 5 nitrogen and oxygen atoms in total. The smallest absolute Gasteiger partial charge is 0.354 e. The van der Waals surface area contributed by atoms with Crippen LogP contribution in [0.1, 0.15) is 5.69 Å². The minimum absolute atomic E-state index is 0.319. The number of piperazine rings is 1. The highest BCUT2D eigenvalue weighted by atomic mass is 35.5. The lowest BCUT2D eigenvalue weighted by atomic mass is 10.1. The van der Waals surface area contributed by atoms with E-state index in [2.05, 4.69) is 20.3 Å². The first kappa shape index (κ1) is 21.9. The number of para-hydroxylation sites is 1. The van der Waals surface area contributed by atoms with Gasteiger partial charge in [0.05, 0.1) is 21.3 Å². The van der Waals surface area contributed by atoms with Gasteiger partial charge in [0.15, 0.2) is 5.69 Å². The first-order valence-electron chi connectivity index (χ1n) is 10.3. The van der Waals surface area contributed by atoms with Crippen LogP contribution >= 0.6 is 22.9 Å². The number of alkyl halides is 3. The largest absolute Gasteiger partial charge is 0.435 e. The van der Waals surface area contributed by atoms with Crippen molar-refractivity contribution >= 4 is 28.8 Å². The fourth-order valence-corrected chi connectivity index (χ4v) is 4.90. The second-order valence-corrected chi connectivity index (χ2v) is 8.94. The van der Waals surface area contributed by atoms with E-state index in [4.69, 9.17) is 11.6 Å². The van der Waals surface area contributed by atoms with Crippen molar-refractivity contribution in [3.8, 4) is 27.4 Å². The lowest BCUT2D eigenvalue weighted by Crippen LogP contribution is -2.43. The maximum Gasteiger partial charge on any atom is 0.435 e. The highest BCUT2D eigenvalue weighted by molar-refractivity contribution is 7.14. The molecule has 0 saturated carbocycles. The van der Waals surface area contributed by atoms with Gasteiger partial charge in [-0.3, -0.25) is 0 Å². The van der Waals surface area contributed by atoms with E-state index >= 15 is 0 Å². The van der Waals surface area contributed by atoms with Gasteiger partial charge in [0, 0.05) is 37.9 Å². The summed E-state index contributed by atoms with van der Waals surface area (Å²) in [5, 5.41) is 9.37. The molecule has 1 N–H and O–H groups in total. The first-order valence-corrected chi connectivity index (χ1v) is 11.6. The predicted octanol–water partition coefficient (Wildman–Crippen LogP) is 5.74. The highest BCUT2D eigenvalue weighted by Crippen LogP contribution is 2.38. The van der Waals surface area contributed by atoms with E-state index in [-0.39, 0.29) is 0 Å². The summed E-state index contributed by atoms with van der Waals surface area (Å²) >= 11 is 7.62. The Kier molecular flexibility index (Phi) is 5.86. The van der Waals surface area contributed by atoms with E-state index in [1.807, 2.05) is 23.6 Å². The monoisotopic (exact) mass is 489 g/mol. The molecule has 3 aromatic heterocycles. The lowest BCUT2D eigenvalue weighted by molar-refractivity contribution is -0.141. The van der Waals surface area contributed by atoms with Crippen LogP contribution in [-0.4, -0.2) is 40.9 Å². The van der Waals surface area contributed by atoms with Crippen molar-refractivity contribution in [3.63, 3.8) is 0 Å². The fourth-order valence-electron chi connectivity index (χ4n) is 3.76. The summed E-state index contributed by atoms with van der Waals surface area (Å²) in [5.74, 6) is 0.919. The van der Waals surface area contributed by atoms with Gasteiger partial charge in [-0.25, -0.2) is 9.67 Å². The number of nitrogens with one attached hydrogen (secondary N) is 1. The molecule has 4 heterocycles. The second-order valence-electron chi connectivity index (χ2n) is 7.62. The number of hydrogen-bond donors (Lipinski definition) is 1. The maximum absolute atomic E-state index is 13.5. The van der Waals surface area contributed by atoms with Crippen molar-refractivity contribution < 1.29 is 13.2 Å². The Hall–Kier alpha value is -2.88. The van der Waals surface area contributed by atoms with Gasteiger partial charge in [-0.2, -0.15) is 18.3 Å². The zero-order chi connectivity index (χ0) is 23.0. The molecule has 1 aliphatic rings. The Morgan fingerprint density at radius 3 is 2.48 bits per heavy atom. The molecule has 0 bridgehead atoms. The van der Waals surface area contributed by atoms with E-state index in [1.54, 1.807) is 30.5 Å². The molecule has 0 aliphatic carbocycles. The Balaban J connectivity index is 1.49. The third-order valence-electron chi connectivity index (χ3n) is 5.45. The third kappa shape index (κ3) is 4.48. The summed E-state index contributed by atoms with van der Waals surface area (Å²) in [5.41, 5.74) is 1.54. The van der Waals surface area contributed by atoms with Gasteiger partial charge in [0.2, 0.25) is 0 Å². The molecular weight excluding hydrogens is 471 g/mol. The van der Waals surface area contributed by atoms with Crippen molar-refractivity contribution in [3.05, 3.63) is 70.8 Å². The van der Waals surface area contributed by atoms with Crippen LogP contribution in [0.25, 0.3) is 27.4 Å². The summed E-state index contributed by atoms with van der Waals surface area (Å²) in [6.07, 6.45) is -2.76. The van der Waals surface area contributed by atoms with Gasteiger partial charge in [0.1, 0.15) is 5.82 Å².